The van der Waals surface area contributed by atoms with Gasteiger partial charge in [-0.1, -0.05) is 0 Å². The number of H-pyrrole nitrogens is 1. The van der Waals surface area contributed by atoms with Gasteiger partial charge in [-0.15, -0.1) is 0 Å². The van der Waals surface area contributed by atoms with E-state index in [1.165, 1.54) is 12.4 Å². The van der Waals surface area contributed by atoms with Crippen LogP contribution in [0, 0.1) is 34.4 Å². The summed E-state index contributed by atoms with van der Waals surface area (Å²) < 4.78 is 15.3. The number of aromatic nitrogens is 6. The molecular formula is C22H18FN9. The molecule has 9 nitrogen and oxygen atoms in total. The van der Waals surface area contributed by atoms with E-state index in [-0.39, 0.29) is 17.5 Å². The third kappa shape index (κ3) is 3.42. The zero-order valence-electron chi connectivity index (χ0n) is 17.0. The molecule has 5 rings (SSSR count). The van der Waals surface area contributed by atoms with Crippen LogP contribution in [0.3, 0.4) is 0 Å². The van der Waals surface area contributed by atoms with Crippen molar-refractivity contribution in [3.8, 4) is 23.4 Å². The average molecular weight is 427 g/mol. The second-order valence-electron chi connectivity index (χ2n) is 7.73. The van der Waals surface area contributed by atoms with Gasteiger partial charge in [-0.25, -0.2) is 19.3 Å². The number of fused-ring (bicyclic) bond motifs is 1. The summed E-state index contributed by atoms with van der Waals surface area (Å²) in [7, 11) is 0. The lowest BCUT2D eigenvalue weighted by molar-refractivity contribution is 0.332. The smallest absolute Gasteiger partial charge is 0.146 e. The van der Waals surface area contributed by atoms with Crippen molar-refractivity contribution in [3.63, 3.8) is 0 Å². The molecule has 0 saturated carbocycles. The van der Waals surface area contributed by atoms with Crippen molar-refractivity contribution in [1.29, 1.82) is 10.5 Å². The molecule has 0 amide bonds. The van der Waals surface area contributed by atoms with E-state index in [1.54, 1.807) is 6.20 Å². The summed E-state index contributed by atoms with van der Waals surface area (Å²) in [6.07, 6.45) is 9.22. The van der Waals surface area contributed by atoms with Crippen molar-refractivity contribution in [3.05, 3.63) is 54.6 Å². The van der Waals surface area contributed by atoms with Crippen LogP contribution in [0.15, 0.2) is 43.2 Å². The Morgan fingerprint density at radius 3 is 3.00 bits per heavy atom. The first kappa shape index (κ1) is 19.6. The quantitative estimate of drug-likeness (QED) is 0.519. The van der Waals surface area contributed by atoms with E-state index in [0.717, 1.165) is 34.9 Å². The monoisotopic (exact) mass is 427 g/mol. The first-order valence-corrected chi connectivity index (χ1v) is 10.2. The third-order valence-corrected chi connectivity index (χ3v) is 5.89. The highest BCUT2D eigenvalue weighted by Crippen LogP contribution is 2.34. The summed E-state index contributed by atoms with van der Waals surface area (Å²) in [4.78, 5) is 17.8. The first-order valence-electron chi connectivity index (χ1n) is 10.2. The summed E-state index contributed by atoms with van der Waals surface area (Å²) in [5.41, 5.74) is 2.59. The van der Waals surface area contributed by atoms with Gasteiger partial charge in [0.25, 0.3) is 0 Å². The molecule has 0 bridgehead atoms. The van der Waals surface area contributed by atoms with Crippen molar-refractivity contribution in [2.24, 2.45) is 5.92 Å². The number of nitriles is 2. The van der Waals surface area contributed by atoms with Gasteiger partial charge in [0.1, 0.15) is 29.7 Å². The van der Waals surface area contributed by atoms with Crippen LogP contribution < -0.4 is 4.90 Å². The maximum Gasteiger partial charge on any atom is 0.146 e. The molecule has 0 spiro atoms. The normalized spacial score (nSPS) is 16.7. The highest BCUT2D eigenvalue weighted by molar-refractivity contribution is 5.89. The molecule has 158 valence electrons. The Hall–Kier alpha value is -4.31. The number of nitrogens with zero attached hydrogens (tertiary/aromatic N) is 8. The lowest BCUT2D eigenvalue weighted by atomic mass is 9.96. The summed E-state index contributed by atoms with van der Waals surface area (Å²) >= 11 is 0. The average Bonchev–Trinajstić information content (AvgIpc) is 3.57. The van der Waals surface area contributed by atoms with Gasteiger partial charge in [-0.2, -0.15) is 15.6 Å². The van der Waals surface area contributed by atoms with Crippen molar-refractivity contribution in [2.75, 3.05) is 18.0 Å². The first-order chi connectivity index (χ1) is 15.7. The highest BCUT2D eigenvalue weighted by atomic mass is 19.1. The van der Waals surface area contributed by atoms with E-state index in [2.05, 4.69) is 31.1 Å². The van der Waals surface area contributed by atoms with E-state index in [0.29, 0.717) is 25.3 Å². The van der Waals surface area contributed by atoms with Gasteiger partial charge in [0, 0.05) is 42.4 Å². The molecule has 2 atom stereocenters. The van der Waals surface area contributed by atoms with Gasteiger partial charge in [-0.05, 0) is 18.6 Å². The van der Waals surface area contributed by atoms with Gasteiger partial charge in [0.15, 0.2) is 0 Å². The number of anilines is 1. The summed E-state index contributed by atoms with van der Waals surface area (Å²) in [5, 5.41) is 24.3. The summed E-state index contributed by atoms with van der Waals surface area (Å²) in [5.74, 6) is 0.0660. The minimum absolute atomic E-state index is 0.124. The van der Waals surface area contributed by atoms with E-state index in [4.69, 9.17) is 0 Å². The molecule has 10 heteroatoms. The lowest BCUT2D eigenvalue weighted by Crippen LogP contribution is -2.26. The fourth-order valence-corrected chi connectivity index (χ4v) is 4.37. The number of hydrogen-bond donors (Lipinski definition) is 1. The molecule has 4 aromatic rings. The van der Waals surface area contributed by atoms with Crippen LogP contribution in [0.25, 0.3) is 22.3 Å². The minimum atomic E-state index is -0.534. The number of rotatable bonds is 5. The fraction of sp³-hybridized carbons (Fsp3) is 0.273. The van der Waals surface area contributed by atoms with Gasteiger partial charge in [0.05, 0.1) is 42.2 Å². The number of hydrogen-bond acceptors (Lipinski definition) is 7. The molecule has 5 heterocycles. The molecule has 0 unspecified atom stereocenters. The molecule has 0 aromatic carbocycles. The molecule has 32 heavy (non-hydrogen) atoms. The Labute approximate surface area is 182 Å². The molecule has 1 fully saturated rings. The van der Waals surface area contributed by atoms with Gasteiger partial charge < -0.3 is 9.88 Å². The van der Waals surface area contributed by atoms with Gasteiger partial charge in [0.2, 0.25) is 0 Å². The van der Waals surface area contributed by atoms with E-state index < -0.39 is 5.82 Å². The molecule has 1 aliphatic heterocycles. The summed E-state index contributed by atoms with van der Waals surface area (Å²) in [6.45, 7) is 1.27. The Morgan fingerprint density at radius 1 is 1.25 bits per heavy atom. The van der Waals surface area contributed by atoms with Crippen molar-refractivity contribution >= 4 is 16.9 Å². The van der Waals surface area contributed by atoms with Crippen molar-refractivity contribution < 1.29 is 4.39 Å². The number of pyridine rings is 1. The Morgan fingerprint density at radius 2 is 2.16 bits per heavy atom. The number of halogens is 1. The number of aromatic amines is 1. The van der Waals surface area contributed by atoms with Gasteiger partial charge >= 0.3 is 0 Å². The second-order valence-corrected chi connectivity index (χ2v) is 7.73. The lowest BCUT2D eigenvalue weighted by Gasteiger charge is -2.23. The minimum Gasteiger partial charge on any atom is -0.355 e. The summed E-state index contributed by atoms with van der Waals surface area (Å²) in [6, 6.07) is 7.27. The Kier molecular flexibility index (Phi) is 4.96. The predicted octanol–water partition coefficient (Wildman–Crippen LogP) is 3.21. The fourth-order valence-electron chi connectivity index (χ4n) is 4.37. The predicted molar refractivity (Wildman–Crippen MR) is 114 cm³/mol. The molecule has 1 saturated heterocycles. The van der Waals surface area contributed by atoms with Crippen molar-refractivity contribution in [1.82, 2.24) is 29.7 Å². The Balaban J connectivity index is 1.41. The third-order valence-electron chi connectivity index (χ3n) is 5.89. The molecule has 0 aliphatic carbocycles. The molecular weight excluding hydrogens is 409 g/mol. The van der Waals surface area contributed by atoms with Gasteiger partial charge in [-0.3, -0.25) is 4.68 Å². The van der Waals surface area contributed by atoms with Crippen LogP contribution >= 0.6 is 0 Å². The van der Waals surface area contributed by atoms with Crippen molar-refractivity contribution in [2.45, 2.75) is 18.9 Å². The largest absolute Gasteiger partial charge is 0.355 e. The molecule has 1 N–H and O–H groups in total. The maximum absolute atomic E-state index is 13.5. The standard InChI is InChI=1S/C22H18FN9/c23-17-7-15(8-25)22(27-10-17)31-6-3-14(11-31)19(1-4-24)32-12-16(9-30-32)20-18-2-5-26-21(18)29-13-28-20/h2,5,7,9-10,12-14,19H,1,3,6,11H2,(H,26,28,29)/t14-,19-/m0/s1. The zero-order chi connectivity index (χ0) is 22.1. The van der Waals surface area contributed by atoms with Crippen LogP contribution in [-0.4, -0.2) is 42.8 Å². The number of nitrogens with one attached hydrogen (secondary N) is 1. The molecule has 1 aliphatic rings. The zero-order valence-corrected chi connectivity index (χ0v) is 17.0. The van der Waals surface area contributed by atoms with E-state index in [9.17, 15) is 14.9 Å². The molecule has 0 radical (unpaired) electrons. The van der Waals surface area contributed by atoms with Crippen LogP contribution in [-0.2, 0) is 0 Å². The van der Waals surface area contributed by atoms with Crippen LogP contribution in [0.4, 0.5) is 10.2 Å². The van der Waals surface area contributed by atoms with E-state index >= 15 is 0 Å². The molecule has 4 aromatic heterocycles. The SMILES string of the molecule is N#CC[C@@H]([C@H]1CCN(c2ncc(F)cc2C#N)C1)n1cc(-c2ncnc3[nH]ccc23)cn1. The van der Waals surface area contributed by atoms with Crippen LogP contribution in [0.2, 0.25) is 0 Å². The van der Waals surface area contributed by atoms with Crippen LogP contribution in [0.1, 0.15) is 24.4 Å². The topological polar surface area (TPSA) is 123 Å². The Bertz CT molecular complexity index is 1360. The van der Waals surface area contributed by atoms with E-state index in [1.807, 2.05) is 34.1 Å². The maximum atomic E-state index is 13.5. The van der Waals surface area contributed by atoms with Crippen LogP contribution in [0.5, 0.6) is 0 Å². The second kappa shape index (κ2) is 8.08. The highest BCUT2D eigenvalue weighted by Gasteiger charge is 2.33.